The van der Waals surface area contributed by atoms with Gasteiger partial charge in [-0.3, -0.25) is 0 Å². The van der Waals surface area contributed by atoms with Crippen molar-refractivity contribution >= 4 is 11.6 Å². The second-order valence-corrected chi connectivity index (χ2v) is 2.29. The molecule has 0 amide bonds. The molecule has 0 atom stereocenters. The highest BCUT2D eigenvalue weighted by molar-refractivity contribution is 6.31. The molecule has 0 aliphatic heterocycles. The lowest BCUT2D eigenvalue weighted by Crippen LogP contribution is -2.18. The van der Waals surface area contributed by atoms with Crippen LogP contribution in [0, 0.1) is 0 Å². The smallest absolute Gasteiger partial charge is 0.480 e. The third-order valence-corrected chi connectivity index (χ3v) is 1.38. The zero-order valence-corrected chi connectivity index (χ0v) is 6.65. The summed E-state index contributed by atoms with van der Waals surface area (Å²) in [6, 6.07) is 0. The van der Waals surface area contributed by atoms with Gasteiger partial charge < -0.3 is 4.74 Å². The summed E-state index contributed by atoms with van der Waals surface area (Å²) in [5.74, 6) is -0.510. The van der Waals surface area contributed by atoms with Crippen molar-refractivity contribution in [2.75, 3.05) is 7.11 Å². The van der Waals surface area contributed by atoms with Gasteiger partial charge in [0.1, 0.15) is 5.02 Å². The number of hydrogen-bond acceptors (Lipinski definition) is 2. The fraction of sp³-hybridized carbons (Fsp3) is 0.400. The van der Waals surface area contributed by atoms with Crippen LogP contribution in [0.15, 0.2) is 6.20 Å². The van der Waals surface area contributed by atoms with E-state index in [4.69, 9.17) is 11.6 Å². The Hall–Kier alpha value is -0.910. The molecule has 7 heteroatoms. The number of nitrogens with zero attached hydrogens (tertiary/aromatic N) is 2. The second-order valence-electron chi connectivity index (χ2n) is 1.88. The van der Waals surface area contributed by atoms with Crippen molar-refractivity contribution in [2.45, 2.75) is 6.30 Å². The fourth-order valence-electron chi connectivity index (χ4n) is 0.682. The quantitative estimate of drug-likeness (QED) is 0.694. The molecule has 0 bridgehead atoms. The molecule has 0 spiro atoms. The Morgan fingerprint density at radius 1 is 1.58 bits per heavy atom. The number of methoxy groups -OCH3 is 1. The van der Waals surface area contributed by atoms with E-state index in [0.29, 0.717) is 0 Å². The molecule has 0 saturated carbocycles. The molecule has 0 aliphatic carbocycles. The largest absolute Gasteiger partial charge is 0.507 e. The van der Waals surface area contributed by atoms with Crippen molar-refractivity contribution in [3.05, 3.63) is 11.2 Å². The molecule has 1 aromatic heterocycles. The summed E-state index contributed by atoms with van der Waals surface area (Å²) >= 11 is 5.34. The molecule has 0 radical (unpaired) electrons. The summed E-state index contributed by atoms with van der Waals surface area (Å²) in [4.78, 5) is 0. The SMILES string of the molecule is COc1c(Cl)cnn1C(F)(F)F. The average molecular weight is 201 g/mol. The highest BCUT2D eigenvalue weighted by atomic mass is 35.5. The minimum absolute atomic E-state index is 0.171. The molecule has 68 valence electrons. The maximum Gasteiger partial charge on any atom is 0.507 e. The Bertz CT molecular complexity index is 283. The molecular weight excluding hydrogens is 197 g/mol. The molecular formula is C5H4ClF3N2O. The normalized spacial score (nSPS) is 11.8. The molecule has 0 fully saturated rings. The Labute approximate surface area is 70.7 Å². The maximum atomic E-state index is 12.0. The summed E-state index contributed by atoms with van der Waals surface area (Å²) in [5.41, 5.74) is 0. The van der Waals surface area contributed by atoms with Crippen LogP contribution in [0.4, 0.5) is 13.2 Å². The lowest BCUT2D eigenvalue weighted by Gasteiger charge is -2.08. The van der Waals surface area contributed by atoms with Crippen LogP contribution in [0.5, 0.6) is 5.88 Å². The van der Waals surface area contributed by atoms with E-state index in [1.54, 1.807) is 0 Å². The van der Waals surface area contributed by atoms with Crippen molar-refractivity contribution in [2.24, 2.45) is 0 Å². The maximum absolute atomic E-state index is 12.0. The summed E-state index contributed by atoms with van der Waals surface area (Å²) < 4.78 is 40.2. The van der Waals surface area contributed by atoms with E-state index in [2.05, 4.69) is 9.84 Å². The van der Waals surface area contributed by atoms with Crippen molar-refractivity contribution in [3.8, 4) is 5.88 Å². The molecule has 1 heterocycles. The Balaban J connectivity index is 3.16. The number of hydrogen-bond donors (Lipinski definition) is 0. The third kappa shape index (κ3) is 1.47. The molecule has 0 saturated heterocycles. The molecule has 12 heavy (non-hydrogen) atoms. The first-order valence-electron chi connectivity index (χ1n) is 2.81. The Kier molecular flexibility index (Phi) is 2.18. The van der Waals surface area contributed by atoms with Gasteiger partial charge in [0.05, 0.1) is 13.3 Å². The summed E-state index contributed by atoms with van der Waals surface area (Å²) in [5, 5.41) is 2.82. The lowest BCUT2D eigenvalue weighted by atomic mass is 10.7. The van der Waals surface area contributed by atoms with E-state index in [9.17, 15) is 13.2 Å². The first-order chi connectivity index (χ1) is 5.46. The fourth-order valence-corrected chi connectivity index (χ4v) is 0.883. The third-order valence-electron chi connectivity index (χ3n) is 1.12. The minimum Gasteiger partial charge on any atom is -0.480 e. The molecule has 0 unspecified atom stereocenters. The predicted octanol–water partition coefficient (Wildman–Crippen LogP) is 2.02. The Morgan fingerprint density at radius 3 is 2.50 bits per heavy atom. The zero-order valence-electron chi connectivity index (χ0n) is 5.89. The lowest BCUT2D eigenvalue weighted by molar-refractivity contribution is -0.214. The van der Waals surface area contributed by atoms with Gasteiger partial charge >= 0.3 is 6.30 Å². The monoisotopic (exact) mass is 200 g/mol. The van der Waals surface area contributed by atoms with E-state index in [1.165, 1.54) is 0 Å². The standard InChI is InChI=1S/C5H4ClF3N2O/c1-12-4-3(6)2-10-11(4)5(7,8)9/h2H,1H3. The molecule has 1 aromatic rings. The van der Waals surface area contributed by atoms with E-state index in [0.717, 1.165) is 13.3 Å². The van der Waals surface area contributed by atoms with Crippen molar-refractivity contribution in [1.82, 2.24) is 9.78 Å². The van der Waals surface area contributed by atoms with Gasteiger partial charge in [0.15, 0.2) is 0 Å². The number of ether oxygens (including phenoxy) is 1. The van der Waals surface area contributed by atoms with Crippen LogP contribution in [0.3, 0.4) is 0 Å². The van der Waals surface area contributed by atoms with Gasteiger partial charge in [-0.15, -0.1) is 17.9 Å². The first kappa shape index (κ1) is 9.18. The zero-order chi connectivity index (χ0) is 9.35. The molecule has 1 rings (SSSR count). The van der Waals surface area contributed by atoms with Crippen LogP contribution in [-0.4, -0.2) is 16.9 Å². The van der Waals surface area contributed by atoms with Crippen molar-refractivity contribution < 1.29 is 17.9 Å². The van der Waals surface area contributed by atoms with Crippen LogP contribution in [0.1, 0.15) is 0 Å². The van der Waals surface area contributed by atoms with Crippen LogP contribution in [-0.2, 0) is 6.30 Å². The van der Waals surface area contributed by atoms with Gasteiger partial charge in [0, 0.05) is 0 Å². The molecule has 3 nitrogen and oxygen atoms in total. The first-order valence-corrected chi connectivity index (χ1v) is 3.19. The van der Waals surface area contributed by atoms with Crippen molar-refractivity contribution in [3.63, 3.8) is 0 Å². The summed E-state index contributed by atoms with van der Waals surface area (Å²) in [6.07, 6.45) is -3.73. The summed E-state index contributed by atoms with van der Waals surface area (Å²) in [6.45, 7) is 0. The number of rotatable bonds is 1. The van der Waals surface area contributed by atoms with E-state index in [-0.39, 0.29) is 9.70 Å². The van der Waals surface area contributed by atoms with Gasteiger partial charge in [0.2, 0.25) is 5.88 Å². The van der Waals surface area contributed by atoms with Crippen LogP contribution < -0.4 is 4.74 Å². The molecule has 0 N–H and O–H groups in total. The summed E-state index contributed by atoms with van der Waals surface area (Å²) in [7, 11) is 1.09. The van der Waals surface area contributed by atoms with E-state index in [1.807, 2.05) is 0 Å². The minimum atomic E-state index is -4.60. The molecule has 0 aliphatic rings. The van der Waals surface area contributed by atoms with E-state index < -0.39 is 12.2 Å². The topological polar surface area (TPSA) is 27.1 Å². The van der Waals surface area contributed by atoms with Gasteiger partial charge in [-0.2, -0.15) is 5.10 Å². The number of halogens is 4. The van der Waals surface area contributed by atoms with Crippen molar-refractivity contribution in [1.29, 1.82) is 0 Å². The highest BCUT2D eigenvalue weighted by Crippen LogP contribution is 2.32. The number of aromatic nitrogens is 2. The van der Waals surface area contributed by atoms with Crippen LogP contribution >= 0.6 is 11.6 Å². The van der Waals surface area contributed by atoms with Gasteiger partial charge in [-0.25, -0.2) is 0 Å². The van der Waals surface area contributed by atoms with E-state index >= 15 is 0 Å². The van der Waals surface area contributed by atoms with Gasteiger partial charge in [-0.05, 0) is 0 Å². The van der Waals surface area contributed by atoms with Crippen LogP contribution in [0.2, 0.25) is 5.02 Å². The highest BCUT2D eigenvalue weighted by Gasteiger charge is 2.35. The predicted molar refractivity (Wildman–Crippen MR) is 35.1 cm³/mol. The Morgan fingerprint density at radius 2 is 2.17 bits per heavy atom. The van der Waals surface area contributed by atoms with Crippen LogP contribution in [0.25, 0.3) is 0 Å². The average Bonchev–Trinajstić information content (AvgIpc) is 2.29. The van der Waals surface area contributed by atoms with Gasteiger partial charge in [0.25, 0.3) is 0 Å². The second kappa shape index (κ2) is 2.85. The number of alkyl halides is 3. The molecule has 0 aromatic carbocycles. The van der Waals surface area contributed by atoms with Gasteiger partial charge in [-0.1, -0.05) is 11.6 Å².